The van der Waals surface area contributed by atoms with E-state index in [4.69, 9.17) is 4.74 Å². The van der Waals surface area contributed by atoms with Crippen LogP contribution in [0, 0.1) is 16.2 Å². The Hall–Kier alpha value is -0.790. The van der Waals surface area contributed by atoms with Gasteiger partial charge in [-0.15, -0.1) is 0 Å². The second-order valence-corrected chi connectivity index (χ2v) is 7.83. The van der Waals surface area contributed by atoms with E-state index in [-0.39, 0.29) is 17.5 Å². The Balaban J connectivity index is 1.89. The molecule has 2 saturated carbocycles. The average Bonchev–Trinajstić information content (AvgIpc) is 2.53. The summed E-state index contributed by atoms with van der Waals surface area (Å²) in [5.41, 5.74) is 2.60. The number of ether oxygens (including phenoxy) is 1. The molecule has 0 aromatic carbocycles. The van der Waals surface area contributed by atoms with Gasteiger partial charge in [-0.2, -0.15) is 0 Å². The fourth-order valence-corrected chi connectivity index (χ4v) is 5.39. The third-order valence-corrected chi connectivity index (χ3v) is 6.32. The Morgan fingerprint density at radius 3 is 2.74 bits per heavy atom. The van der Waals surface area contributed by atoms with Crippen LogP contribution in [0.3, 0.4) is 0 Å². The van der Waals surface area contributed by atoms with Gasteiger partial charge in [0.15, 0.2) is 0 Å². The second-order valence-electron chi connectivity index (χ2n) is 7.83. The van der Waals surface area contributed by atoms with Gasteiger partial charge in [-0.1, -0.05) is 25.5 Å². The summed E-state index contributed by atoms with van der Waals surface area (Å²) in [4.78, 5) is 11.3. The number of fused-ring (bicyclic) bond motifs is 1. The summed E-state index contributed by atoms with van der Waals surface area (Å²) in [6.07, 6.45) is 9.86. The third kappa shape index (κ3) is 1.79. The van der Waals surface area contributed by atoms with E-state index >= 15 is 0 Å². The van der Waals surface area contributed by atoms with Crippen LogP contribution in [0.15, 0.2) is 11.6 Å². The minimum absolute atomic E-state index is 0.115. The van der Waals surface area contributed by atoms with Crippen molar-refractivity contribution in [1.82, 2.24) is 0 Å². The summed E-state index contributed by atoms with van der Waals surface area (Å²) in [5.74, 6) is -0.115. The van der Waals surface area contributed by atoms with E-state index in [9.17, 15) is 4.79 Å². The SMILES string of the molecule is CC(=O)O[C@H]1CCC23CC(C)=C[C@@]2(C)CCC1(C)C3. The molecule has 0 heterocycles. The molecule has 0 N–H and O–H groups in total. The van der Waals surface area contributed by atoms with Gasteiger partial charge in [0.05, 0.1) is 0 Å². The van der Waals surface area contributed by atoms with Gasteiger partial charge in [0, 0.05) is 12.3 Å². The highest BCUT2D eigenvalue weighted by Crippen LogP contribution is 2.69. The Morgan fingerprint density at radius 2 is 2.05 bits per heavy atom. The third-order valence-electron chi connectivity index (χ3n) is 6.32. The summed E-state index contributed by atoms with van der Waals surface area (Å²) in [7, 11) is 0. The fraction of sp³-hybridized carbons (Fsp3) is 0.824. The van der Waals surface area contributed by atoms with Gasteiger partial charge >= 0.3 is 5.97 Å². The fourth-order valence-electron chi connectivity index (χ4n) is 5.39. The second kappa shape index (κ2) is 3.86. The zero-order valence-electron chi connectivity index (χ0n) is 12.7. The van der Waals surface area contributed by atoms with E-state index in [1.54, 1.807) is 12.5 Å². The molecule has 3 aliphatic carbocycles. The Bertz CT molecular complexity index is 452. The molecule has 2 heteroatoms. The monoisotopic (exact) mass is 262 g/mol. The first kappa shape index (κ1) is 13.2. The standard InChI is InChI=1S/C17H26O2/c1-12-9-16(4)8-7-15(3)11-17(16,10-12)6-5-14(15)19-13(2)18/h9,14H,5-8,10-11H2,1-4H3/t14-,15?,16+,17?/m0/s1. The highest BCUT2D eigenvalue weighted by Gasteiger charge is 2.61. The highest BCUT2D eigenvalue weighted by atomic mass is 16.5. The molecule has 19 heavy (non-hydrogen) atoms. The molecular weight excluding hydrogens is 236 g/mol. The largest absolute Gasteiger partial charge is 0.462 e. The topological polar surface area (TPSA) is 26.3 Å². The van der Waals surface area contributed by atoms with Crippen molar-refractivity contribution in [2.24, 2.45) is 16.2 Å². The molecule has 1 spiro atoms. The molecule has 2 nitrogen and oxygen atoms in total. The zero-order chi connectivity index (χ0) is 13.9. The molecule has 0 aromatic rings. The van der Waals surface area contributed by atoms with E-state index < -0.39 is 0 Å². The van der Waals surface area contributed by atoms with Gasteiger partial charge in [0.1, 0.15) is 6.10 Å². The van der Waals surface area contributed by atoms with E-state index in [0.29, 0.717) is 10.8 Å². The molecule has 0 aromatic heterocycles. The van der Waals surface area contributed by atoms with Crippen LogP contribution in [0.4, 0.5) is 0 Å². The van der Waals surface area contributed by atoms with Crippen LogP contribution in [0.5, 0.6) is 0 Å². The lowest BCUT2D eigenvalue weighted by Crippen LogP contribution is -2.54. The summed E-state index contributed by atoms with van der Waals surface area (Å²) in [6.45, 7) is 8.62. The molecule has 2 unspecified atom stereocenters. The van der Waals surface area contributed by atoms with E-state index in [1.165, 1.54) is 32.1 Å². The number of carbonyl (C=O) groups is 1. The smallest absolute Gasteiger partial charge is 0.302 e. The molecular formula is C17H26O2. The summed E-state index contributed by atoms with van der Waals surface area (Å²) in [5, 5.41) is 0. The Morgan fingerprint density at radius 1 is 1.32 bits per heavy atom. The van der Waals surface area contributed by atoms with Crippen molar-refractivity contribution in [3.8, 4) is 0 Å². The van der Waals surface area contributed by atoms with Crippen molar-refractivity contribution in [1.29, 1.82) is 0 Å². The first-order valence-electron chi connectivity index (χ1n) is 7.64. The number of esters is 1. The molecule has 3 rings (SSSR count). The van der Waals surface area contributed by atoms with Gasteiger partial charge < -0.3 is 4.74 Å². The predicted molar refractivity (Wildman–Crippen MR) is 75.7 cm³/mol. The van der Waals surface area contributed by atoms with Crippen LogP contribution in [-0.4, -0.2) is 12.1 Å². The molecule has 0 saturated heterocycles. The van der Waals surface area contributed by atoms with Crippen LogP contribution in [0.25, 0.3) is 0 Å². The summed E-state index contributed by atoms with van der Waals surface area (Å²) >= 11 is 0. The van der Waals surface area contributed by atoms with Crippen LogP contribution in [-0.2, 0) is 9.53 Å². The van der Waals surface area contributed by atoms with Crippen molar-refractivity contribution in [2.45, 2.75) is 72.3 Å². The molecule has 0 radical (unpaired) electrons. The number of hydrogen-bond donors (Lipinski definition) is 0. The lowest BCUT2D eigenvalue weighted by Gasteiger charge is -2.59. The molecule has 4 atom stereocenters. The number of hydrogen-bond acceptors (Lipinski definition) is 2. The van der Waals surface area contributed by atoms with E-state index in [0.717, 1.165) is 6.42 Å². The quantitative estimate of drug-likeness (QED) is 0.522. The number of allylic oxidation sites excluding steroid dienone is 2. The summed E-state index contributed by atoms with van der Waals surface area (Å²) in [6, 6.07) is 0. The van der Waals surface area contributed by atoms with Gasteiger partial charge in [-0.25, -0.2) is 0 Å². The Labute approximate surface area is 116 Å². The van der Waals surface area contributed by atoms with Crippen molar-refractivity contribution in [2.75, 3.05) is 0 Å². The van der Waals surface area contributed by atoms with Crippen molar-refractivity contribution < 1.29 is 9.53 Å². The zero-order valence-corrected chi connectivity index (χ0v) is 12.7. The lowest BCUT2D eigenvalue weighted by atomic mass is 9.46. The molecule has 0 amide bonds. The Kier molecular flexibility index (Phi) is 2.69. The normalized spacial score (nSPS) is 48.4. The number of rotatable bonds is 1. The first-order chi connectivity index (χ1) is 8.79. The predicted octanol–water partition coefficient (Wildman–Crippen LogP) is 4.24. The first-order valence-corrected chi connectivity index (χ1v) is 7.64. The van der Waals surface area contributed by atoms with Crippen molar-refractivity contribution >= 4 is 5.97 Å². The van der Waals surface area contributed by atoms with Crippen LogP contribution in [0.2, 0.25) is 0 Å². The minimum Gasteiger partial charge on any atom is -0.462 e. The maximum Gasteiger partial charge on any atom is 0.302 e. The average molecular weight is 262 g/mol. The highest BCUT2D eigenvalue weighted by molar-refractivity contribution is 5.66. The van der Waals surface area contributed by atoms with Gasteiger partial charge in [0.2, 0.25) is 0 Å². The molecule has 2 bridgehead atoms. The van der Waals surface area contributed by atoms with Gasteiger partial charge in [0.25, 0.3) is 0 Å². The molecule has 106 valence electrons. The summed E-state index contributed by atoms with van der Waals surface area (Å²) < 4.78 is 5.63. The maximum atomic E-state index is 11.3. The van der Waals surface area contributed by atoms with Crippen LogP contribution < -0.4 is 0 Å². The van der Waals surface area contributed by atoms with Crippen molar-refractivity contribution in [3.63, 3.8) is 0 Å². The minimum atomic E-state index is -0.115. The van der Waals surface area contributed by atoms with Gasteiger partial charge in [-0.3, -0.25) is 4.79 Å². The van der Waals surface area contributed by atoms with Crippen LogP contribution >= 0.6 is 0 Å². The van der Waals surface area contributed by atoms with Crippen LogP contribution in [0.1, 0.15) is 66.2 Å². The van der Waals surface area contributed by atoms with Gasteiger partial charge in [-0.05, 0) is 56.3 Å². The van der Waals surface area contributed by atoms with Crippen molar-refractivity contribution in [3.05, 3.63) is 11.6 Å². The van der Waals surface area contributed by atoms with E-state index in [2.05, 4.69) is 26.8 Å². The molecule has 0 aliphatic heterocycles. The van der Waals surface area contributed by atoms with E-state index in [1.807, 2.05) is 0 Å². The maximum absolute atomic E-state index is 11.3. The molecule has 3 aliphatic rings. The number of carbonyl (C=O) groups excluding carboxylic acids is 1. The lowest BCUT2D eigenvalue weighted by molar-refractivity contribution is -0.174. The molecule has 2 fully saturated rings.